The van der Waals surface area contributed by atoms with Crippen molar-refractivity contribution in [2.75, 3.05) is 6.54 Å². The number of hydrogen-bond acceptors (Lipinski definition) is 2. The molecule has 0 aliphatic heterocycles. The van der Waals surface area contributed by atoms with Crippen LogP contribution in [0.2, 0.25) is 0 Å². The summed E-state index contributed by atoms with van der Waals surface area (Å²) < 4.78 is 0. The van der Waals surface area contributed by atoms with Gasteiger partial charge in [-0.05, 0) is 33.1 Å². The molecule has 1 aliphatic carbocycles. The highest BCUT2D eigenvalue weighted by Crippen LogP contribution is 2.28. The van der Waals surface area contributed by atoms with Crippen molar-refractivity contribution in [3.8, 4) is 0 Å². The van der Waals surface area contributed by atoms with Crippen molar-refractivity contribution < 1.29 is 14.7 Å². The quantitative estimate of drug-likeness (QED) is 0.753. The maximum atomic E-state index is 12.0. The molecule has 0 radical (unpaired) electrons. The van der Waals surface area contributed by atoms with Crippen LogP contribution >= 0.6 is 0 Å². The van der Waals surface area contributed by atoms with E-state index >= 15 is 0 Å². The number of rotatable bonds is 6. The maximum Gasteiger partial charge on any atom is 0.303 e. The summed E-state index contributed by atoms with van der Waals surface area (Å²) in [5.41, 5.74) is 0. The second-order valence-corrected chi connectivity index (χ2v) is 4.75. The van der Waals surface area contributed by atoms with Crippen molar-refractivity contribution in [2.45, 2.75) is 52.0 Å². The molecule has 0 saturated heterocycles. The van der Waals surface area contributed by atoms with E-state index in [-0.39, 0.29) is 24.3 Å². The summed E-state index contributed by atoms with van der Waals surface area (Å²) in [5.74, 6) is -0.376. The first kappa shape index (κ1) is 13.0. The molecule has 0 aromatic carbocycles. The molecule has 92 valence electrons. The number of carbonyl (C=O) groups is 2. The Balaban J connectivity index is 2.40. The fourth-order valence-corrected chi connectivity index (χ4v) is 1.91. The highest BCUT2D eigenvalue weighted by atomic mass is 16.4. The molecule has 0 atom stereocenters. The molecule has 0 aromatic heterocycles. The average molecular weight is 227 g/mol. The van der Waals surface area contributed by atoms with E-state index < -0.39 is 5.97 Å². The number of carboxylic acid groups (broad SMARTS) is 1. The molecule has 4 heteroatoms. The van der Waals surface area contributed by atoms with E-state index in [4.69, 9.17) is 5.11 Å². The van der Waals surface area contributed by atoms with E-state index in [0.717, 1.165) is 19.3 Å². The number of carboxylic acids is 1. The lowest BCUT2D eigenvalue weighted by atomic mass is 9.84. The average Bonchev–Trinajstić information content (AvgIpc) is 2.07. The Morgan fingerprint density at radius 1 is 1.38 bits per heavy atom. The second kappa shape index (κ2) is 5.87. The molecule has 16 heavy (non-hydrogen) atoms. The van der Waals surface area contributed by atoms with Crippen molar-refractivity contribution in [1.82, 2.24) is 4.90 Å². The summed E-state index contributed by atoms with van der Waals surface area (Å²) in [5, 5.41) is 8.57. The van der Waals surface area contributed by atoms with E-state index in [1.54, 1.807) is 0 Å². The number of nitrogens with zero attached hydrogens (tertiary/aromatic N) is 1. The van der Waals surface area contributed by atoms with Gasteiger partial charge in [0.25, 0.3) is 0 Å². The molecule has 1 amide bonds. The highest BCUT2D eigenvalue weighted by molar-refractivity contribution is 5.79. The van der Waals surface area contributed by atoms with Crippen molar-refractivity contribution in [3.05, 3.63) is 0 Å². The first-order valence-electron chi connectivity index (χ1n) is 6.04. The van der Waals surface area contributed by atoms with Gasteiger partial charge in [-0.15, -0.1) is 0 Å². The van der Waals surface area contributed by atoms with E-state index in [0.29, 0.717) is 13.0 Å². The van der Waals surface area contributed by atoms with Crippen molar-refractivity contribution in [1.29, 1.82) is 0 Å². The Bertz CT molecular complexity index is 259. The molecule has 1 rings (SSSR count). The van der Waals surface area contributed by atoms with Crippen LogP contribution in [0.5, 0.6) is 0 Å². The van der Waals surface area contributed by atoms with Gasteiger partial charge in [0, 0.05) is 24.9 Å². The summed E-state index contributed by atoms with van der Waals surface area (Å²) in [6.45, 7) is 4.54. The summed E-state index contributed by atoms with van der Waals surface area (Å²) in [7, 11) is 0. The van der Waals surface area contributed by atoms with Gasteiger partial charge in [0.15, 0.2) is 0 Å². The van der Waals surface area contributed by atoms with Crippen LogP contribution in [0, 0.1) is 5.92 Å². The fourth-order valence-electron chi connectivity index (χ4n) is 1.91. The van der Waals surface area contributed by atoms with Gasteiger partial charge >= 0.3 is 5.97 Å². The van der Waals surface area contributed by atoms with E-state index in [2.05, 4.69) is 0 Å². The van der Waals surface area contributed by atoms with Crippen LogP contribution < -0.4 is 0 Å². The number of amides is 1. The molecule has 1 saturated carbocycles. The summed E-state index contributed by atoms with van der Waals surface area (Å²) in [6, 6.07) is 0.168. The normalized spacial score (nSPS) is 15.9. The zero-order valence-corrected chi connectivity index (χ0v) is 10.1. The predicted molar refractivity (Wildman–Crippen MR) is 61.1 cm³/mol. The smallest absolute Gasteiger partial charge is 0.303 e. The zero-order valence-electron chi connectivity index (χ0n) is 10.1. The third-order valence-electron chi connectivity index (χ3n) is 3.15. The van der Waals surface area contributed by atoms with E-state index in [1.807, 2.05) is 18.7 Å². The lowest BCUT2D eigenvalue weighted by molar-refractivity contribution is -0.141. The Labute approximate surface area is 96.6 Å². The van der Waals surface area contributed by atoms with Gasteiger partial charge < -0.3 is 10.0 Å². The Morgan fingerprint density at radius 2 is 2.00 bits per heavy atom. The summed E-state index contributed by atoms with van der Waals surface area (Å²) in [6.07, 6.45) is 3.84. The predicted octanol–water partition coefficient (Wildman–Crippen LogP) is 1.89. The zero-order chi connectivity index (χ0) is 12.1. The van der Waals surface area contributed by atoms with Crippen LogP contribution in [0.3, 0.4) is 0 Å². The molecular weight excluding hydrogens is 206 g/mol. The number of hydrogen-bond donors (Lipinski definition) is 1. The van der Waals surface area contributed by atoms with E-state index in [1.165, 1.54) is 0 Å². The molecule has 0 heterocycles. The van der Waals surface area contributed by atoms with Gasteiger partial charge in [-0.2, -0.15) is 0 Å². The topological polar surface area (TPSA) is 57.6 Å². The van der Waals surface area contributed by atoms with Crippen LogP contribution in [0.1, 0.15) is 46.0 Å². The lowest BCUT2D eigenvalue weighted by Crippen LogP contribution is -2.43. The van der Waals surface area contributed by atoms with Crippen molar-refractivity contribution >= 4 is 11.9 Å². The molecule has 0 spiro atoms. The molecule has 1 fully saturated rings. The van der Waals surface area contributed by atoms with Gasteiger partial charge in [-0.25, -0.2) is 0 Å². The molecule has 0 bridgehead atoms. The largest absolute Gasteiger partial charge is 0.481 e. The second-order valence-electron chi connectivity index (χ2n) is 4.75. The standard InChI is InChI=1S/C12H21NO3/c1-9(2)13(8-4-7-11(14)15)12(16)10-5-3-6-10/h9-10H,3-8H2,1-2H3,(H,14,15). The maximum absolute atomic E-state index is 12.0. The van der Waals surface area contributed by atoms with Crippen LogP contribution in [0.15, 0.2) is 0 Å². The molecular formula is C12H21NO3. The summed E-state index contributed by atoms with van der Waals surface area (Å²) in [4.78, 5) is 24.3. The van der Waals surface area contributed by atoms with E-state index in [9.17, 15) is 9.59 Å². The van der Waals surface area contributed by atoms with Gasteiger partial charge in [-0.1, -0.05) is 6.42 Å². The van der Waals surface area contributed by atoms with Crippen LogP contribution in [-0.4, -0.2) is 34.5 Å². The summed E-state index contributed by atoms with van der Waals surface area (Å²) >= 11 is 0. The van der Waals surface area contributed by atoms with Crippen LogP contribution in [0.4, 0.5) is 0 Å². The van der Waals surface area contributed by atoms with Crippen molar-refractivity contribution in [3.63, 3.8) is 0 Å². The molecule has 1 N–H and O–H groups in total. The molecule has 0 unspecified atom stereocenters. The Hall–Kier alpha value is -1.06. The highest BCUT2D eigenvalue weighted by Gasteiger charge is 2.30. The van der Waals surface area contributed by atoms with Crippen molar-refractivity contribution in [2.24, 2.45) is 5.92 Å². The molecule has 4 nitrogen and oxygen atoms in total. The molecule has 0 aromatic rings. The van der Waals surface area contributed by atoms with Gasteiger partial charge in [0.2, 0.25) is 5.91 Å². The van der Waals surface area contributed by atoms with Gasteiger partial charge in [-0.3, -0.25) is 9.59 Å². The first-order chi connectivity index (χ1) is 7.52. The van der Waals surface area contributed by atoms with Gasteiger partial charge in [0.1, 0.15) is 0 Å². The first-order valence-corrected chi connectivity index (χ1v) is 6.04. The number of aliphatic carboxylic acids is 1. The molecule has 1 aliphatic rings. The van der Waals surface area contributed by atoms with Gasteiger partial charge in [0.05, 0.1) is 0 Å². The number of carbonyl (C=O) groups excluding carboxylic acids is 1. The third-order valence-corrected chi connectivity index (χ3v) is 3.15. The van der Waals surface area contributed by atoms with Crippen LogP contribution in [-0.2, 0) is 9.59 Å². The monoisotopic (exact) mass is 227 g/mol. The third kappa shape index (κ3) is 3.51. The fraction of sp³-hybridized carbons (Fsp3) is 0.833. The minimum Gasteiger partial charge on any atom is -0.481 e. The Morgan fingerprint density at radius 3 is 2.38 bits per heavy atom. The minimum atomic E-state index is -0.792. The minimum absolute atomic E-state index is 0.140. The van der Waals surface area contributed by atoms with Crippen LogP contribution in [0.25, 0.3) is 0 Å². The SMILES string of the molecule is CC(C)N(CCCC(=O)O)C(=O)C1CCC1. The Kier molecular flexibility index (Phi) is 4.77. The lowest BCUT2D eigenvalue weighted by Gasteiger charge is -2.34.